The molecule has 186 valence electrons. The van der Waals surface area contributed by atoms with Gasteiger partial charge in [-0.05, 0) is 49.1 Å². The van der Waals surface area contributed by atoms with Gasteiger partial charge in [-0.15, -0.1) is 0 Å². The predicted molar refractivity (Wildman–Crippen MR) is 142 cm³/mol. The van der Waals surface area contributed by atoms with Gasteiger partial charge in [-0.1, -0.05) is 18.2 Å². The number of amides is 1. The molecule has 1 aromatic carbocycles. The standard InChI is InChI=1S/C28H32N6O2/c1-36-26-7-4-5-23(30-26)21-8-10-22(11-9-21)33-15-13-32(14-16-33)19-20-17-24-27(29-18-20)34-12-3-2-6-25(34)28(35)31-24/h4-5,7-11,17-18,25H,2-3,6,12-16,19H2,1H3,(H,31,35)/t25-/m0/s1. The lowest BCUT2D eigenvalue weighted by Crippen LogP contribution is -2.51. The maximum absolute atomic E-state index is 12.6. The maximum atomic E-state index is 12.6. The molecule has 3 aromatic rings. The van der Waals surface area contributed by atoms with Gasteiger partial charge in [-0.25, -0.2) is 9.97 Å². The van der Waals surface area contributed by atoms with E-state index in [1.807, 2.05) is 24.4 Å². The molecule has 2 fully saturated rings. The van der Waals surface area contributed by atoms with Crippen LogP contribution in [0.5, 0.6) is 5.88 Å². The molecule has 1 amide bonds. The van der Waals surface area contributed by atoms with Crippen LogP contribution in [0.25, 0.3) is 11.3 Å². The SMILES string of the molecule is COc1cccc(-c2ccc(N3CCN(Cc4cnc5c(c4)NC(=O)[C@@H]4CCCCN54)CC3)cc2)n1. The number of hydrogen-bond donors (Lipinski definition) is 1. The third-order valence-corrected chi connectivity index (χ3v) is 7.50. The third-order valence-electron chi connectivity index (χ3n) is 7.50. The molecule has 0 unspecified atom stereocenters. The number of piperidine rings is 1. The average Bonchev–Trinajstić information content (AvgIpc) is 2.94. The van der Waals surface area contributed by atoms with Crippen molar-refractivity contribution in [3.63, 3.8) is 0 Å². The van der Waals surface area contributed by atoms with Crippen molar-refractivity contribution in [1.29, 1.82) is 0 Å². The number of methoxy groups -OCH3 is 1. The zero-order valence-electron chi connectivity index (χ0n) is 20.7. The second-order valence-corrected chi connectivity index (χ2v) is 9.78. The van der Waals surface area contributed by atoms with Gasteiger partial charge in [0.05, 0.1) is 18.5 Å². The van der Waals surface area contributed by atoms with Crippen molar-refractivity contribution in [1.82, 2.24) is 14.9 Å². The number of rotatable bonds is 5. The first-order valence-electron chi connectivity index (χ1n) is 12.8. The van der Waals surface area contributed by atoms with Crippen molar-refractivity contribution in [3.05, 3.63) is 60.3 Å². The zero-order chi connectivity index (χ0) is 24.5. The van der Waals surface area contributed by atoms with Gasteiger partial charge in [0.15, 0.2) is 5.82 Å². The second-order valence-electron chi connectivity index (χ2n) is 9.78. The number of carbonyl (C=O) groups excluding carboxylic acids is 1. The number of aromatic nitrogens is 2. The van der Waals surface area contributed by atoms with Crippen LogP contribution in [0, 0.1) is 0 Å². The number of fused-ring (bicyclic) bond motifs is 3. The Hall–Kier alpha value is -3.65. The van der Waals surface area contributed by atoms with Gasteiger partial charge in [0.25, 0.3) is 0 Å². The van der Waals surface area contributed by atoms with Gasteiger partial charge in [0.1, 0.15) is 6.04 Å². The number of hydrogen-bond acceptors (Lipinski definition) is 7. The summed E-state index contributed by atoms with van der Waals surface area (Å²) in [6.07, 6.45) is 5.13. The van der Waals surface area contributed by atoms with Crippen molar-refractivity contribution in [3.8, 4) is 17.1 Å². The first-order chi connectivity index (χ1) is 17.7. The Morgan fingerprint density at radius 2 is 1.86 bits per heavy atom. The van der Waals surface area contributed by atoms with Crippen LogP contribution in [0.2, 0.25) is 0 Å². The topological polar surface area (TPSA) is 73.8 Å². The highest BCUT2D eigenvalue weighted by Gasteiger charge is 2.35. The predicted octanol–water partition coefficient (Wildman–Crippen LogP) is 3.79. The smallest absolute Gasteiger partial charge is 0.247 e. The highest BCUT2D eigenvalue weighted by Crippen LogP contribution is 2.35. The Labute approximate surface area is 211 Å². The van der Waals surface area contributed by atoms with E-state index in [2.05, 4.69) is 55.3 Å². The fraction of sp³-hybridized carbons (Fsp3) is 0.393. The van der Waals surface area contributed by atoms with Gasteiger partial charge in [-0.3, -0.25) is 9.69 Å². The number of nitrogens with zero attached hydrogens (tertiary/aromatic N) is 5. The molecule has 6 rings (SSSR count). The largest absolute Gasteiger partial charge is 0.481 e. The molecule has 1 atom stereocenters. The van der Waals surface area contributed by atoms with E-state index in [0.717, 1.165) is 86.9 Å². The molecule has 5 heterocycles. The summed E-state index contributed by atoms with van der Waals surface area (Å²) >= 11 is 0. The van der Waals surface area contributed by atoms with E-state index in [4.69, 9.17) is 9.72 Å². The lowest BCUT2D eigenvalue weighted by atomic mass is 9.99. The second kappa shape index (κ2) is 9.78. The number of anilines is 3. The molecule has 8 nitrogen and oxygen atoms in total. The Morgan fingerprint density at radius 1 is 1.03 bits per heavy atom. The van der Waals surface area contributed by atoms with Crippen LogP contribution in [0.1, 0.15) is 24.8 Å². The van der Waals surface area contributed by atoms with E-state index in [0.29, 0.717) is 5.88 Å². The summed E-state index contributed by atoms with van der Waals surface area (Å²) in [6.45, 7) is 5.67. The fourth-order valence-corrected chi connectivity index (χ4v) is 5.54. The summed E-state index contributed by atoms with van der Waals surface area (Å²) in [4.78, 5) is 29.0. The third kappa shape index (κ3) is 4.48. The van der Waals surface area contributed by atoms with E-state index >= 15 is 0 Å². The normalized spacial score (nSPS) is 19.9. The molecule has 8 heteroatoms. The number of pyridine rings is 2. The molecule has 0 spiro atoms. The Kier molecular flexibility index (Phi) is 6.19. The molecule has 0 saturated carbocycles. The monoisotopic (exact) mass is 484 g/mol. The van der Waals surface area contributed by atoms with E-state index in [-0.39, 0.29) is 11.9 Å². The van der Waals surface area contributed by atoms with E-state index in [1.165, 1.54) is 5.69 Å². The summed E-state index contributed by atoms with van der Waals surface area (Å²) < 4.78 is 5.25. The first kappa shape index (κ1) is 22.8. The maximum Gasteiger partial charge on any atom is 0.247 e. The van der Waals surface area contributed by atoms with Gasteiger partial charge in [0, 0.05) is 62.8 Å². The molecule has 2 aromatic heterocycles. The van der Waals surface area contributed by atoms with E-state index in [9.17, 15) is 4.79 Å². The molecule has 2 saturated heterocycles. The molecule has 0 bridgehead atoms. The van der Waals surface area contributed by atoms with Crippen molar-refractivity contribution >= 4 is 23.1 Å². The van der Waals surface area contributed by atoms with Crippen LogP contribution in [0.3, 0.4) is 0 Å². The highest BCUT2D eigenvalue weighted by molar-refractivity contribution is 6.02. The lowest BCUT2D eigenvalue weighted by Gasteiger charge is -2.40. The molecule has 3 aliphatic rings. The van der Waals surface area contributed by atoms with Crippen LogP contribution in [0.4, 0.5) is 17.2 Å². The average molecular weight is 485 g/mol. The highest BCUT2D eigenvalue weighted by atomic mass is 16.5. The van der Waals surface area contributed by atoms with E-state index in [1.54, 1.807) is 7.11 Å². The van der Waals surface area contributed by atoms with Gasteiger partial charge < -0.3 is 19.9 Å². The van der Waals surface area contributed by atoms with Gasteiger partial charge in [0.2, 0.25) is 11.8 Å². The summed E-state index contributed by atoms with van der Waals surface area (Å²) in [6, 6.07) is 16.5. The number of nitrogens with one attached hydrogen (secondary N) is 1. The van der Waals surface area contributed by atoms with Gasteiger partial charge in [-0.2, -0.15) is 0 Å². The quantitative estimate of drug-likeness (QED) is 0.591. The molecule has 1 N–H and O–H groups in total. The summed E-state index contributed by atoms with van der Waals surface area (Å²) in [5.74, 6) is 1.67. The number of benzene rings is 1. The minimum Gasteiger partial charge on any atom is -0.481 e. The molecular weight excluding hydrogens is 452 g/mol. The Bertz CT molecular complexity index is 1240. The van der Waals surface area contributed by atoms with Crippen LogP contribution >= 0.6 is 0 Å². The Morgan fingerprint density at radius 3 is 2.67 bits per heavy atom. The lowest BCUT2D eigenvalue weighted by molar-refractivity contribution is -0.118. The van der Waals surface area contributed by atoms with Crippen molar-refractivity contribution < 1.29 is 9.53 Å². The number of carbonyl (C=O) groups is 1. The van der Waals surface area contributed by atoms with Crippen LogP contribution < -0.4 is 19.9 Å². The van der Waals surface area contributed by atoms with Crippen molar-refractivity contribution in [2.24, 2.45) is 0 Å². The number of piperazine rings is 1. The van der Waals surface area contributed by atoms with Crippen molar-refractivity contribution in [2.75, 3.05) is 55.0 Å². The molecular formula is C28H32N6O2. The summed E-state index contributed by atoms with van der Waals surface area (Å²) in [5.41, 5.74) is 5.24. The van der Waals surface area contributed by atoms with E-state index < -0.39 is 0 Å². The fourth-order valence-electron chi connectivity index (χ4n) is 5.54. The van der Waals surface area contributed by atoms with Crippen LogP contribution in [0.15, 0.2) is 54.7 Å². The minimum absolute atomic E-state index is 0.0569. The molecule has 0 radical (unpaired) electrons. The Balaban J connectivity index is 1.07. The van der Waals surface area contributed by atoms with Crippen LogP contribution in [-0.4, -0.2) is 66.7 Å². The first-order valence-corrected chi connectivity index (χ1v) is 12.8. The molecule has 36 heavy (non-hydrogen) atoms. The molecule has 3 aliphatic heterocycles. The number of ether oxygens (including phenoxy) is 1. The molecule has 0 aliphatic carbocycles. The van der Waals surface area contributed by atoms with Crippen molar-refractivity contribution in [2.45, 2.75) is 31.8 Å². The zero-order valence-corrected chi connectivity index (χ0v) is 20.7. The summed E-state index contributed by atoms with van der Waals surface area (Å²) in [7, 11) is 1.64. The van der Waals surface area contributed by atoms with Crippen LogP contribution in [-0.2, 0) is 11.3 Å². The minimum atomic E-state index is -0.0569. The van der Waals surface area contributed by atoms with Gasteiger partial charge >= 0.3 is 0 Å². The summed E-state index contributed by atoms with van der Waals surface area (Å²) in [5, 5.41) is 3.11.